The van der Waals surface area contributed by atoms with Crippen molar-refractivity contribution >= 4 is 11.9 Å². The number of rotatable bonds is 5. The van der Waals surface area contributed by atoms with E-state index in [9.17, 15) is 9.59 Å². The van der Waals surface area contributed by atoms with Crippen LogP contribution in [0.3, 0.4) is 0 Å². The predicted molar refractivity (Wildman–Crippen MR) is 75.5 cm³/mol. The first-order valence-electron chi connectivity index (χ1n) is 7.63. The standard InChI is InChI=1S/C16H21NO4/c1-10-2-7-14(21-10)9-17(13-5-6-13)15(18)11-3-4-12(8-11)16(19)20/h2,7,11-13H,3-6,8-9H2,1H3,(H,19,20). The van der Waals surface area contributed by atoms with Crippen LogP contribution in [0.1, 0.15) is 43.6 Å². The molecule has 0 aromatic carbocycles. The quantitative estimate of drug-likeness (QED) is 0.905. The van der Waals surface area contributed by atoms with E-state index >= 15 is 0 Å². The number of carbonyl (C=O) groups excluding carboxylic acids is 1. The predicted octanol–water partition coefficient (Wildman–Crippen LogP) is 2.58. The minimum Gasteiger partial charge on any atom is -0.481 e. The minimum absolute atomic E-state index is 0.107. The van der Waals surface area contributed by atoms with Crippen molar-refractivity contribution in [1.29, 1.82) is 0 Å². The van der Waals surface area contributed by atoms with Gasteiger partial charge < -0.3 is 14.4 Å². The number of carboxylic acids is 1. The smallest absolute Gasteiger partial charge is 0.306 e. The lowest BCUT2D eigenvalue weighted by molar-refractivity contribution is -0.141. The van der Waals surface area contributed by atoms with Gasteiger partial charge in [0, 0.05) is 12.0 Å². The number of aryl methyl sites for hydroxylation is 1. The van der Waals surface area contributed by atoms with Crippen LogP contribution in [-0.4, -0.2) is 27.9 Å². The van der Waals surface area contributed by atoms with Gasteiger partial charge in [0.2, 0.25) is 5.91 Å². The van der Waals surface area contributed by atoms with Crippen molar-refractivity contribution in [2.75, 3.05) is 0 Å². The molecule has 0 radical (unpaired) electrons. The maximum atomic E-state index is 12.7. The van der Waals surface area contributed by atoms with E-state index < -0.39 is 5.97 Å². The van der Waals surface area contributed by atoms with E-state index in [4.69, 9.17) is 9.52 Å². The van der Waals surface area contributed by atoms with Crippen molar-refractivity contribution in [2.45, 2.75) is 51.6 Å². The van der Waals surface area contributed by atoms with E-state index in [2.05, 4.69) is 0 Å². The van der Waals surface area contributed by atoms with Crippen LogP contribution in [0.4, 0.5) is 0 Å². The number of nitrogens with zero attached hydrogens (tertiary/aromatic N) is 1. The molecule has 1 heterocycles. The molecule has 0 spiro atoms. The van der Waals surface area contributed by atoms with Gasteiger partial charge in [0.25, 0.3) is 0 Å². The second kappa shape index (κ2) is 5.54. The van der Waals surface area contributed by atoms with Gasteiger partial charge in [0.1, 0.15) is 11.5 Å². The van der Waals surface area contributed by atoms with Crippen LogP contribution in [0.25, 0.3) is 0 Å². The normalized spacial score (nSPS) is 25.0. The molecule has 21 heavy (non-hydrogen) atoms. The highest BCUT2D eigenvalue weighted by atomic mass is 16.4. The molecule has 114 valence electrons. The summed E-state index contributed by atoms with van der Waals surface area (Å²) in [6.07, 6.45) is 3.87. The van der Waals surface area contributed by atoms with E-state index in [1.807, 2.05) is 24.0 Å². The van der Waals surface area contributed by atoms with Crippen molar-refractivity contribution in [1.82, 2.24) is 4.90 Å². The Bertz CT molecular complexity index is 546. The van der Waals surface area contributed by atoms with Crippen LogP contribution < -0.4 is 0 Å². The number of carboxylic acid groups (broad SMARTS) is 1. The molecule has 5 heteroatoms. The fraction of sp³-hybridized carbons (Fsp3) is 0.625. The van der Waals surface area contributed by atoms with Gasteiger partial charge in [0.05, 0.1) is 12.5 Å². The second-order valence-corrected chi connectivity index (χ2v) is 6.25. The Labute approximate surface area is 123 Å². The van der Waals surface area contributed by atoms with Crippen molar-refractivity contribution in [3.63, 3.8) is 0 Å². The molecule has 5 nitrogen and oxygen atoms in total. The Morgan fingerprint density at radius 1 is 1.24 bits per heavy atom. The summed E-state index contributed by atoms with van der Waals surface area (Å²) < 4.78 is 5.58. The van der Waals surface area contributed by atoms with E-state index in [1.165, 1.54) is 0 Å². The largest absolute Gasteiger partial charge is 0.481 e. The Balaban J connectivity index is 1.66. The maximum Gasteiger partial charge on any atom is 0.306 e. The Hall–Kier alpha value is -1.78. The Morgan fingerprint density at radius 2 is 1.95 bits per heavy atom. The van der Waals surface area contributed by atoms with Gasteiger partial charge in [-0.05, 0) is 51.2 Å². The lowest BCUT2D eigenvalue weighted by atomic mass is 10.0. The van der Waals surface area contributed by atoms with E-state index in [1.54, 1.807) is 0 Å². The van der Waals surface area contributed by atoms with Gasteiger partial charge in [-0.15, -0.1) is 0 Å². The Morgan fingerprint density at radius 3 is 2.48 bits per heavy atom. The fourth-order valence-electron chi connectivity index (χ4n) is 3.18. The summed E-state index contributed by atoms with van der Waals surface area (Å²) in [5.41, 5.74) is 0. The zero-order valence-electron chi connectivity index (χ0n) is 12.2. The zero-order chi connectivity index (χ0) is 15.0. The molecule has 2 aliphatic carbocycles. The first-order valence-corrected chi connectivity index (χ1v) is 7.63. The monoisotopic (exact) mass is 291 g/mol. The third-order valence-electron chi connectivity index (χ3n) is 4.52. The summed E-state index contributed by atoms with van der Waals surface area (Å²) in [6.45, 7) is 2.40. The number of amides is 1. The van der Waals surface area contributed by atoms with Crippen LogP contribution >= 0.6 is 0 Å². The van der Waals surface area contributed by atoms with Crippen molar-refractivity contribution in [2.24, 2.45) is 11.8 Å². The lowest BCUT2D eigenvalue weighted by Crippen LogP contribution is -2.36. The van der Waals surface area contributed by atoms with E-state index in [-0.39, 0.29) is 17.7 Å². The van der Waals surface area contributed by atoms with Crippen LogP contribution in [0.15, 0.2) is 16.5 Å². The third-order valence-corrected chi connectivity index (χ3v) is 4.52. The highest BCUT2D eigenvalue weighted by Crippen LogP contribution is 2.36. The van der Waals surface area contributed by atoms with Gasteiger partial charge in [-0.3, -0.25) is 9.59 Å². The van der Waals surface area contributed by atoms with Crippen LogP contribution in [-0.2, 0) is 16.1 Å². The van der Waals surface area contributed by atoms with Gasteiger partial charge in [-0.1, -0.05) is 0 Å². The molecule has 1 aromatic heterocycles. The molecule has 2 aliphatic rings. The van der Waals surface area contributed by atoms with Gasteiger partial charge in [-0.2, -0.15) is 0 Å². The SMILES string of the molecule is Cc1ccc(CN(C(=O)C2CCC(C(=O)O)C2)C2CC2)o1. The number of carbonyl (C=O) groups is 2. The maximum absolute atomic E-state index is 12.7. The molecule has 2 atom stereocenters. The molecule has 3 rings (SSSR count). The summed E-state index contributed by atoms with van der Waals surface area (Å²) in [7, 11) is 0. The highest BCUT2D eigenvalue weighted by molar-refractivity contribution is 5.81. The molecule has 1 N–H and O–H groups in total. The number of hydrogen-bond acceptors (Lipinski definition) is 3. The highest BCUT2D eigenvalue weighted by Gasteiger charge is 2.40. The molecule has 2 saturated carbocycles. The molecule has 0 aliphatic heterocycles. The van der Waals surface area contributed by atoms with Crippen LogP contribution in [0, 0.1) is 18.8 Å². The van der Waals surface area contributed by atoms with Crippen molar-refractivity contribution in [3.8, 4) is 0 Å². The second-order valence-electron chi connectivity index (χ2n) is 6.25. The summed E-state index contributed by atoms with van der Waals surface area (Å²) in [5, 5.41) is 9.07. The molecule has 2 unspecified atom stereocenters. The topological polar surface area (TPSA) is 70.8 Å². The number of furan rings is 1. The first kappa shape index (κ1) is 14.2. The minimum atomic E-state index is -0.773. The van der Waals surface area contributed by atoms with Crippen molar-refractivity contribution in [3.05, 3.63) is 23.7 Å². The molecule has 2 fully saturated rings. The number of hydrogen-bond donors (Lipinski definition) is 1. The number of aliphatic carboxylic acids is 1. The fourth-order valence-corrected chi connectivity index (χ4v) is 3.18. The van der Waals surface area contributed by atoms with E-state index in [0.29, 0.717) is 31.8 Å². The molecule has 0 bridgehead atoms. The summed E-state index contributed by atoms with van der Waals surface area (Å²) in [4.78, 5) is 25.6. The molecular weight excluding hydrogens is 270 g/mol. The molecule has 1 aromatic rings. The first-order chi connectivity index (χ1) is 10.0. The van der Waals surface area contributed by atoms with Gasteiger partial charge in [0.15, 0.2) is 0 Å². The van der Waals surface area contributed by atoms with Crippen LogP contribution in [0.5, 0.6) is 0 Å². The average Bonchev–Trinajstić information content (AvgIpc) is 3.00. The lowest BCUT2D eigenvalue weighted by Gasteiger charge is -2.24. The average molecular weight is 291 g/mol. The zero-order valence-corrected chi connectivity index (χ0v) is 12.2. The van der Waals surface area contributed by atoms with Crippen molar-refractivity contribution < 1.29 is 19.1 Å². The molecule has 0 saturated heterocycles. The van der Waals surface area contributed by atoms with Gasteiger partial charge >= 0.3 is 5.97 Å². The molecular formula is C16H21NO4. The van der Waals surface area contributed by atoms with Crippen LogP contribution in [0.2, 0.25) is 0 Å². The Kier molecular flexibility index (Phi) is 3.74. The third kappa shape index (κ3) is 3.12. The summed E-state index contributed by atoms with van der Waals surface area (Å²) in [6, 6.07) is 4.12. The summed E-state index contributed by atoms with van der Waals surface area (Å²) in [5.74, 6) is 0.495. The molecule has 1 amide bonds. The van der Waals surface area contributed by atoms with E-state index in [0.717, 1.165) is 24.4 Å². The summed E-state index contributed by atoms with van der Waals surface area (Å²) >= 11 is 0. The van der Waals surface area contributed by atoms with Gasteiger partial charge in [-0.25, -0.2) is 0 Å².